The summed E-state index contributed by atoms with van der Waals surface area (Å²) in [6.07, 6.45) is 1.31. The number of aryl methyl sites for hydroxylation is 2. The Hall–Kier alpha value is -2.65. The molecule has 0 spiro atoms. The third-order valence-corrected chi connectivity index (χ3v) is 6.10. The molecule has 2 rings (SSSR count). The molecule has 0 unspecified atom stereocenters. The van der Waals surface area contributed by atoms with Gasteiger partial charge in [-0.2, -0.15) is 4.31 Å². The monoisotopic (exact) mass is 393 g/mol. The minimum absolute atomic E-state index is 0.0903. The first-order valence-corrected chi connectivity index (χ1v) is 9.59. The molecule has 0 bridgehead atoms. The predicted octanol–water partition coefficient (Wildman–Crippen LogP) is 1.69. The van der Waals surface area contributed by atoms with Crippen molar-refractivity contribution < 1.29 is 22.7 Å². The van der Waals surface area contributed by atoms with E-state index in [1.165, 1.54) is 31.0 Å². The summed E-state index contributed by atoms with van der Waals surface area (Å²) in [5, 5.41) is 2.73. The summed E-state index contributed by atoms with van der Waals surface area (Å²) in [5.41, 5.74) is 2.68. The number of nitrogens with one attached hydrogen (secondary N) is 1. The van der Waals surface area contributed by atoms with Gasteiger partial charge in [-0.05, 0) is 37.1 Å². The highest BCUT2D eigenvalue weighted by atomic mass is 32.2. The molecule has 0 aliphatic carbocycles. The molecule has 0 saturated carbocycles. The minimum Gasteiger partial charge on any atom is -0.464 e. The van der Waals surface area contributed by atoms with E-state index in [0.29, 0.717) is 5.69 Å². The van der Waals surface area contributed by atoms with Crippen LogP contribution in [0.3, 0.4) is 0 Å². The number of amides is 1. The fourth-order valence-electron chi connectivity index (χ4n) is 2.53. The Morgan fingerprint density at radius 3 is 2.56 bits per heavy atom. The molecule has 0 aliphatic heterocycles. The Bertz CT molecular complexity index is 979. The van der Waals surface area contributed by atoms with Gasteiger partial charge in [-0.15, -0.1) is 0 Å². The number of carbonyl (C=O) groups is 2. The van der Waals surface area contributed by atoms with Crippen molar-refractivity contribution in [3.05, 3.63) is 47.3 Å². The summed E-state index contributed by atoms with van der Waals surface area (Å²) in [4.78, 5) is 23.9. The lowest BCUT2D eigenvalue weighted by molar-refractivity contribution is -0.116. The topological polar surface area (TPSA) is 97.7 Å². The quantitative estimate of drug-likeness (QED) is 0.753. The van der Waals surface area contributed by atoms with Crippen molar-refractivity contribution >= 4 is 27.6 Å². The highest BCUT2D eigenvalue weighted by molar-refractivity contribution is 7.89. The van der Waals surface area contributed by atoms with Crippen LogP contribution in [-0.4, -0.2) is 49.9 Å². The van der Waals surface area contributed by atoms with Gasteiger partial charge in [-0.3, -0.25) is 4.79 Å². The van der Waals surface area contributed by atoms with Crippen molar-refractivity contribution in [3.63, 3.8) is 0 Å². The number of benzene rings is 1. The Morgan fingerprint density at radius 1 is 1.26 bits per heavy atom. The second-order valence-corrected chi connectivity index (χ2v) is 8.27. The SMILES string of the molecule is COC(=O)c1cc(S(=O)(=O)N(C)CC(=O)Nc2cccc(C)c2C)cn1C. The van der Waals surface area contributed by atoms with Crippen LogP contribution < -0.4 is 5.32 Å². The molecule has 1 aromatic carbocycles. The Kier molecular flexibility index (Phi) is 6.07. The summed E-state index contributed by atoms with van der Waals surface area (Å²) in [5.74, 6) is -1.10. The third-order valence-electron chi connectivity index (χ3n) is 4.33. The van der Waals surface area contributed by atoms with Gasteiger partial charge in [0.25, 0.3) is 0 Å². The summed E-state index contributed by atoms with van der Waals surface area (Å²) in [7, 11) is 0.120. The number of hydrogen-bond acceptors (Lipinski definition) is 5. The molecular formula is C18H23N3O5S. The standard InChI is InChI=1S/C18H23N3O5S/c1-12-7-6-8-15(13(12)2)19-17(22)11-21(4)27(24,25)14-9-16(18(23)26-5)20(3)10-14/h6-10H,11H2,1-5H3,(H,19,22). The Balaban J connectivity index is 2.16. The largest absolute Gasteiger partial charge is 0.464 e. The van der Waals surface area contributed by atoms with Crippen LogP contribution in [0.2, 0.25) is 0 Å². The van der Waals surface area contributed by atoms with Crippen molar-refractivity contribution in [2.45, 2.75) is 18.7 Å². The van der Waals surface area contributed by atoms with Gasteiger partial charge in [-0.1, -0.05) is 12.1 Å². The van der Waals surface area contributed by atoms with E-state index in [1.807, 2.05) is 26.0 Å². The number of aromatic nitrogens is 1. The van der Waals surface area contributed by atoms with Crippen molar-refractivity contribution in [2.75, 3.05) is 26.0 Å². The molecule has 1 heterocycles. The number of nitrogens with zero attached hydrogens (tertiary/aromatic N) is 2. The molecule has 1 N–H and O–H groups in total. The van der Waals surface area contributed by atoms with E-state index in [4.69, 9.17) is 0 Å². The van der Waals surface area contributed by atoms with Gasteiger partial charge in [0.2, 0.25) is 15.9 Å². The lowest BCUT2D eigenvalue weighted by Crippen LogP contribution is -2.35. The number of likely N-dealkylation sites (N-methyl/N-ethyl adjacent to an activating group) is 1. The average molecular weight is 393 g/mol. The maximum atomic E-state index is 12.7. The van der Waals surface area contributed by atoms with E-state index in [2.05, 4.69) is 10.1 Å². The van der Waals surface area contributed by atoms with Crippen LogP contribution >= 0.6 is 0 Å². The normalized spacial score (nSPS) is 11.5. The zero-order chi connectivity index (χ0) is 20.4. The summed E-state index contributed by atoms with van der Waals surface area (Å²) in [6.45, 7) is 3.44. The lowest BCUT2D eigenvalue weighted by Gasteiger charge is -2.17. The molecule has 2 aromatic rings. The smallest absolute Gasteiger partial charge is 0.354 e. The molecular weight excluding hydrogens is 370 g/mol. The molecule has 0 radical (unpaired) electrons. The van der Waals surface area contributed by atoms with E-state index in [1.54, 1.807) is 13.1 Å². The number of hydrogen-bond donors (Lipinski definition) is 1. The molecule has 0 saturated heterocycles. The van der Waals surface area contributed by atoms with Gasteiger partial charge in [-0.25, -0.2) is 13.2 Å². The summed E-state index contributed by atoms with van der Waals surface area (Å²) in [6, 6.07) is 6.72. The van der Waals surface area contributed by atoms with Crippen molar-refractivity contribution in [1.82, 2.24) is 8.87 Å². The van der Waals surface area contributed by atoms with Gasteiger partial charge in [0.15, 0.2) is 0 Å². The Labute approximate surface area is 158 Å². The van der Waals surface area contributed by atoms with Crippen LogP contribution in [-0.2, 0) is 26.6 Å². The van der Waals surface area contributed by atoms with Gasteiger partial charge in [0, 0.05) is 26.0 Å². The Morgan fingerprint density at radius 2 is 1.93 bits per heavy atom. The molecule has 8 nitrogen and oxygen atoms in total. The van der Waals surface area contributed by atoms with Crippen LogP contribution in [0, 0.1) is 13.8 Å². The van der Waals surface area contributed by atoms with Crippen LogP contribution in [0.15, 0.2) is 35.4 Å². The number of esters is 1. The van der Waals surface area contributed by atoms with E-state index in [-0.39, 0.29) is 17.1 Å². The highest BCUT2D eigenvalue weighted by Crippen LogP contribution is 2.20. The first-order valence-electron chi connectivity index (χ1n) is 8.15. The average Bonchev–Trinajstić information content (AvgIpc) is 3.00. The van der Waals surface area contributed by atoms with Gasteiger partial charge < -0.3 is 14.6 Å². The van der Waals surface area contributed by atoms with E-state index in [9.17, 15) is 18.0 Å². The van der Waals surface area contributed by atoms with E-state index >= 15 is 0 Å². The molecule has 0 aliphatic rings. The molecule has 1 amide bonds. The third kappa shape index (κ3) is 4.37. The van der Waals surface area contributed by atoms with Crippen molar-refractivity contribution in [2.24, 2.45) is 7.05 Å². The fraction of sp³-hybridized carbons (Fsp3) is 0.333. The first kappa shape index (κ1) is 20.7. The van der Waals surface area contributed by atoms with Crippen molar-refractivity contribution in [1.29, 1.82) is 0 Å². The van der Waals surface area contributed by atoms with Crippen LogP contribution in [0.25, 0.3) is 0 Å². The van der Waals surface area contributed by atoms with E-state index < -0.39 is 21.9 Å². The van der Waals surface area contributed by atoms with Crippen molar-refractivity contribution in [3.8, 4) is 0 Å². The summed E-state index contributed by atoms with van der Waals surface area (Å²) >= 11 is 0. The molecule has 27 heavy (non-hydrogen) atoms. The second kappa shape index (κ2) is 7.93. The van der Waals surface area contributed by atoms with Gasteiger partial charge in [0.1, 0.15) is 10.6 Å². The molecule has 9 heteroatoms. The van der Waals surface area contributed by atoms with Gasteiger partial charge >= 0.3 is 5.97 Å². The minimum atomic E-state index is -3.94. The zero-order valence-corrected chi connectivity index (χ0v) is 16.8. The number of anilines is 1. The lowest BCUT2D eigenvalue weighted by atomic mass is 10.1. The van der Waals surface area contributed by atoms with E-state index in [0.717, 1.165) is 15.4 Å². The molecule has 146 valence electrons. The number of methoxy groups -OCH3 is 1. The summed E-state index contributed by atoms with van der Waals surface area (Å²) < 4.78 is 32.3. The fourth-order valence-corrected chi connectivity index (χ4v) is 3.73. The number of sulfonamides is 1. The zero-order valence-electron chi connectivity index (χ0n) is 15.9. The predicted molar refractivity (Wildman–Crippen MR) is 101 cm³/mol. The highest BCUT2D eigenvalue weighted by Gasteiger charge is 2.26. The first-order chi connectivity index (χ1) is 12.6. The molecule has 1 aromatic heterocycles. The maximum Gasteiger partial charge on any atom is 0.354 e. The number of carbonyl (C=O) groups excluding carboxylic acids is 2. The van der Waals surface area contributed by atoms with Crippen LogP contribution in [0.4, 0.5) is 5.69 Å². The number of rotatable bonds is 6. The van der Waals surface area contributed by atoms with Gasteiger partial charge in [0.05, 0.1) is 13.7 Å². The maximum absolute atomic E-state index is 12.7. The second-order valence-electron chi connectivity index (χ2n) is 6.22. The van der Waals surface area contributed by atoms with Crippen LogP contribution in [0.1, 0.15) is 21.6 Å². The molecule has 0 atom stereocenters. The van der Waals surface area contributed by atoms with Crippen LogP contribution in [0.5, 0.6) is 0 Å². The molecule has 0 fully saturated rings. The number of ether oxygens (including phenoxy) is 1.